The van der Waals surface area contributed by atoms with Gasteiger partial charge in [0.2, 0.25) is 0 Å². The molecule has 0 atom stereocenters. The van der Waals surface area contributed by atoms with E-state index in [2.05, 4.69) is 6.92 Å². The van der Waals surface area contributed by atoms with Crippen LogP contribution in [0.1, 0.15) is 6.42 Å². The van der Waals surface area contributed by atoms with Crippen LogP contribution in [0.3, 0.4) is 0 Å². The van der Waals surface area contributed by atoms with Gasteiger partial charge in [-0.2, -0.15) is 13.2 Å². The van der Waals surface area contributed by atoms with Gasteiger partial charge in [0.1, 0.15) is 0 Å². The highest BCUT2D eigenvalue weighted by atomic mass is 19.4. The molecule has 0 saturated heterocycles. The molecule has 0 saturated carbocycles. The van der Waals surface area contributed by atoms with Crippen molar-refractivity contribution in [1.82, 2.24) is 0 Å². The van der Waals surface area contributed by atoms with Crippen molar-refractivity contribution in [2.24, 2.45) is 0 Å². The predicted octanol–water partition coefficient (Wildman–Crippen LogP) is 2.33. The first-order valence-corrected chi connectivity index (χ1v) is 2.10. The highest BCUT2D eigenvalue weighted by molar-refractivity contribution is 4.88. The minimum absolute atomic E-state index is 0.180. The van der Waals surface area contributed by atoms with Crippen molar-refractivity contribution in [2.75, 3.05) is 0 Å². The summed E-state index contributed by atoms with van der Waals surface area (Å²) in [6.07, 6.45) is -2.84. The molecule has 0 bridgehead atoms. The quantitative estimate of drug-likeness (QED) is 0.469. The van der Waals surface area contributed by atoms with Gasteiger partial charge in [-0.1, -0.05) is 6.08 Å². The lowest BCUT2D eigenvalue weighted by molar-refractivity contribution is -0.0799. The summed E-state index contributed by atoms with van der Waals surface area (Å²) in [5.74, 6) is 0. The number of alkyl halides is 3. The average molecular weight is 123 g/mol. The van der Waals surface area contributed by atoms with E-state index in [1.165, 1.54) is 0 Å². The van der Waals surface area contributed by atoms with E-state index in [-0.39, 0.29) is 12.5 Å². The zero-order valence-corrected chi connectivity index (χ0v) is 4.20. The lowest BCUT2D eigenvalue weighted by Gasteiger charge is -1.94. The molecule has 47 valence electrons. The summed E-state index contributed by atoms with van der Waals surface area (Å²) in [4.78, 5) is 0. The molecule has 0 rings (SSSR count). The van der Waals surface area contributed by atoms with Crippen molar-refractivity contribution in [3.63, 3.8) is 0 Å². The molecular weight excluding hydrogens is 117 g/mol. The van der Waals surface area contributed by atoms with Crippen LogP contribution in [-0.2, 0) is 0 Å². The first kappa shape index (κ1) is 7.53. The van der Waals surface area contributed by atoms with Gasteiger partial charge < -0.3 is 0 Å². The highest BCUT2D eigenvalue weighted by Crippen LogP contribution is 2.15. The molecule has 0 N–H and O–H groups in total. The van der Waals surface area contributed by atoms with Crippen molar-refractivity contribution in [1.29, 1.82) is 0 Å². The molecule has 0 aliphatic heterocycles. The molecule has 0 unspecified atom stereocenters. The van der Waals surface area contributed by atoms with E-state index in [9.17, 15) is 13.2 Å². The van der Waals surface area contributed by atoms with Crippen LogP contribution in [0.2, 0.25) is 0 Å². The van der Waals surface area contributed by atoms with E-state index in [4.69, 9.17) is 0 Å². The van der Waals surface area contributed by atoms with Crippen LogP contribution in [0, 0.1) is 6.92 Å². The molecule has 0 aromatic heterocycles. The van der Waals surface area contributed by atoms with Gasteiger partial charge in [-0.05, 0) is 13.3 Å². The molecule has 0 aromatic rings. The molecule has 3 heteroatoms. The lowest BCUT2D eigenvalue weighted by Crippen LogP contribution is -1.99. The van der Waals surface area contributed by atoms with Crippen molar-refractivity contribution < 1.29 is 13.2 Å². The van der Waals surface area contributed by atoms with Crippen LogP contribution in [0.25, 0.3) is 0 Å². The van der Waals surface area contributed by atoms with Crippen LogP contribution in [0.4, 0.5) is 13.2 Å². The largest absolute Gasteiger partial charge is 0.409 e. The van der Waals surface area contributed by atoms with Crippen molar-refractivity contribution >= 4 is 0 Å². The summed E-state index contributed by atoms with van der Waals surface area (Å²) in [5.41, 5.74) is 0. The molecule has 0 aliphatic rings. The SMILES string of the molecule is [CH2]C/C=C\C(F)(F)F. The second-order valence-electron chi connectivity index (χ2n) is 1.23. The fourth-order valence-electron chi connectivity index (χ4n) is 0.217. The van der Waals surface area contributed by atoms with Crippen LogP contribution < -0.4 is 0 Å². The Morgan fingerprint density at radius 1 is 1.38 bits per heavy atom. The Morgan fingerprint density at radius 3 is 2.00 bits per heavy atom. The highest BCUT2D eigenvalue weighted by Gasteiger charge is 2.20. The lowest BCUT2D eigenvalue weighted by atomic mass is 10.4. The summed E-state index contributed by atoms with van der Waals surface area (Å²) < 4.78 is 33.4. The fourth-order valence-corrected chi connectivity index (χ4v) is 0.217. The Kier molecular flexibility index (Phi) is 2.58. The Morgan fingerprint density at radius 2 is 1.88 bits per heavy atom. The second kappa shape index (κ2) is 2.74. The van der Waals surface area contributed by atoms with E-state index >= 15 is 0 Å². The van der Waals surface area contributed by atoms with Gasteiger partial charge in [-0.25, -0.2) is 0 Å². The fraction of sp³-hybridized carbons (Fsp3) is 0.400. The molecular formula is C5H6F3. The van der Waals surface area contributed by atoms with Crippen LogP contribution in [-0.4, -0.2) is 6.18 Å². The topological polar surface area (TPSA) is 0 Å². The molecule has 0 fully saturated rings. The number of rotatable bonds is 1. The minimum Gasteiger partial charge on any atom is -0.167 e. The first-order chi connectivity index (χ1) is 3.56. The number of allylic oxidation sites excluding steroid dienone is 2. The average Bonchev–Trinajstić information content (AvgIpc) is 1.59. The van der Waals surface area contributed by atoms with Crippen LogP contribution in [0.15, 0.2) is 12.2 Å². The molecule has 0 aromatic carbocycles. The molecule has 1 radical (unpaired) electrons. The van der Waals surface area contributed by atoms with Crippen LogP contribution >= 0.6 is 0 Å². The Labute approximate surface area is 46.0 Å². The molecule has 0 nitrogen and oxygen atoms in total. The maximum absolute atomic E-state index is 11.1. The molecule has 0 heterocycles. The third-order valence-corrected chi connectivity index (χ3v) is 0.474. The van der Waals surface area contributed by atoms with Crippen LogP contribution in [0.5, 0.6) is 0 Å². The van der Waals surface area contributed by atoms with Gasteiger partial charge in [-0.3, -0.25) is 0 Å². The van der Waals surface area contributed by atoms with Gasteiger partial charge in [0.05, 0.1) is 0 Å². The summed E-state index contributed by atoms with van der Waals surface area (Å²) >= 11 is 0. The number of hydrogen-bond acceptors (Lipinski definition) is 0. The second-order valence-corrected chi connectivity index (χ2v) is 1.23. The summed E-state index contributed by atoms with van der Waals surface area (Å²) in [6, 6.07) is 0. The molecule has 0 amide bonds. The minimum atomic E-state index is -4.17. The molecule has 0 spiro atoms. The summed E-state index contributed by atoms with van der Waals surface area (Å²) in [6.45, 7) is 3.20. The zero-order chi connectivity index (χ0) is 6.62. The molecule has 8 heavy (non-hydrogen) atoms. The third-order valence-electron chi connectivity index (χ3n) is 0.474. The van der Waals surface area contributed by atoms with E-state index in [1.54, 1.807) is 0 Å². The van der Waals surface area contributed by atoms with Gasteiger partial charge >= 0.3 is 6.18 Å². The standard InChI is InChI=1S/C5H6F3/c1-2-3-4-5(6,7)8/h3-4H,1-2H2/b4-3-. The Balaban J connectivity index is 3.52. The van der Waals surface area contributed by atoms with Gasteiger partial charge in [0.25, 0.3) is 0 Å². The van der Waals surface area contributed by atoms with Crippen molar-refractivity contribution in [2.45, 2.75) is 12.6 Å². The Bertz CT molecular complexity index is 80.2. The summed E-state index contributed by atoms with van der Waals surface area (Å²) in [7, 11) is 0. The van der Waals surface area contributed by atoms with Crippen molar-refractivity contribution in [3.05, 3.63) is 19.1 Å². The summed E-state index contributed by atoms with van der Waals surface area (Å²) in [5, 5.41) is 0. The maximum Gasteiger partial charge on any atom is 0.409 e. The number of halogens is 3. The van der Waals surface area contributed by atoms with Crippen molar-refractivity contribution in [3.8, 4) is 0 Å². The smallest absolute Gasteiger partial charge is 0.167 e. The maximum atomic E-state index is 11.1. The number of hydrogen-bond donors (Lipinski definition) is 0. The van der Waals surface area contributed by atoms with E-state index < -0.39 is 6.18 Å². The zero-order valence-electron chi connectivity index (χ0n) is 4.20. The Hall–Kier alpha value is -0.470. The third kappa shape index (κ3) is 5.53. The van der Waals surface area contributed by atoms with Gasteiger partial charge in [0, 0.05) is 6.08 Å². The van der Waals surface area contributed by atoms with E-state index in [0.717, 1.165) is 6.08 Å². The first-order valence-electron chi connectivity index (χ1n) is 2.10. The van der Waals surface area contributed by atoms with Gasteiger partial charge in [-0.15, -0.1) is 0 Å². The molecule has 0 aliphatic carbocycles. The van der Waals surface area contributed by atoms with E-state index in [1.807, 2.05) is 0 Å². The van der Waals surface area contributed by atoms with Gasteiger partial charge in [0.15, 0.2) is 0 Å². The normalized spacial score (nSPS) is 13.0. The van der Waals surface area contributed by atoms with E-state index in [0.29, 0.717) is 0 Å². The monoisotopic (exact) mass is 123 g/mol. The predicted molar refractivity (Wildman–Crippen MR) is 25.2 cm³/mol.